The number of nitrogens with two attached hydrogens (primary N) is 1. The highest BCUT2D eigenvalue weighted by Gasteiger charge is 2.30. The smallest absolute Gasteiger partial charge is 0.119 e. The number of hydrogen-bond acceptors (Lipinski definition) is 4. The first-order chi connectivity index (χ1) is 11.6. The Morgan fingerprint density at radius 1 is 1.08 bits per heavy atom. The zero-order valence-corrected chi connectivity index (χ0v) is 14.8. The second-order valence-corrected chi connectivity index (χ2v) is 6.78. The van der Waals surface area contributed by atoms with Gasteiger partial charge in [0.25, 0.3) is 0 Å². The fraction of sp³-hybridized carbons (Fsp3) is 0.600. The van der Waals surface area contributed by atoms with Crippen LogP contribution in [0.25, 0.3) is 0 Å². The van der Waals surface area contributed by atoms with Gasteiger partial charge < -0.3 is 20.7 Å². The molecule has 24 heavy (non-hydrogen) atoms. The molecule has 0 amide bonds. The number of aliphatic hydroxyl groups is 2. The van der Waals surface area contributed by atoms with Crippen LogP contribution in [0.5, 0.6) is 5.75 Å². The van der Waals surface area contributed by atoms with Crippen LogP contribution in [-0.4, -0.2) is 35.6 Å². The minimum absolute atomic E-state index is 0.246. The molecule has 2 rings (SSSR count). The molecular formula is C20H31NO3. The van der Waals surface area contributed by atoms with Crippen molar-refractivity contribution in [3.8, 4) is 5.75 Å². The van der Waals surface area contributed by atoms with E-state index in [2.05, 4.69) is 19.1 Å². The minimum Gasteiger partial charge on any atom is -0.494 e. The molecule has 0 fully saturated rings. The van der Waals surface area contributed by atoms with Gasteiger partial charge in [-0.05, 0) is 48.1 Å². The molecule has 0 aliphatic heterocycles. The van der Waals surface area contributed by atoms with Crippen molar-refractivity contribution >= 4 is 0 Å². The van der Waals surface area contributed by atoms with Crippen LogP contribution in [0.15, 0.2) is 29.8 Å². The third-order valence-corrected chi connectivity index (χ3v) is 4.85. The van der Waals surface area contributed by atoms with Gasteiger partial charge in [0.1, 0.15) is 5.75 Å². The van der Waals surface area contributed by atoms with Gasteiger partial charge in [-0.3, -0.25) is 0 Å². The number of benzene rings is 1. The van der Waals surface area contributed by atoms with E-state index in [4.69, 9.17) is 10.5 Å². The van der Waals surface area contributed by atoms with E-state index in [-0.39, 0.29) is 13.2 Å². The maximum Gasteiger partial charge on any atom is 0.119 e. The largest absolute Gasteiger partial charge is 0.494 e. The highest BCUT2D eigenvalue weighted by molar-refractivity contribution is 5.44. The summed E-state index contributed by atoms with van der Waals surface area (Å²) in [7, 11) is 0. The van der Waals surface area contributed by atoms with Crippen LogP contribution >= 0.6 is 0 Å². The first-order valence-electron chi connectivity index (χ1n) is 9.07. The van der Waals surface area contributed by atoms with E-state index in [1.165, 1.54) is 36.8 Å². The first kappa shape index (κ1) is 19.0. The fourth-order valence-corrected chi connectivity index (χ4v) is 3.09. The maximum atomic E-state index is 9.46. The van der Waals surface area contributed by atoms with Crippen molar-refractivity contribution in [3.05, 3.63) is 41.0 Å². The van der Waals surface area contributed by atoms with Gasteiger partial charge in [0.2, 0.25) is 0 Å². The van der Waals surface area contributed by atoms with Gasteiger partial charge in [-0.1, -0.05) is 44.7 Å². The van der Waals surface area contributed by atoms with Gasteiger partial charge in [0.15, 0.2) is 0 Å². The van der Waals surface area contributed by atoms with Gasteiger partial charge in [-0.15, -0.1) is 0 Å². The number of aliphatic hydroxyl groups excluding tert-OH is 2. The van der Waals surface area contributed by atoms with Crippen molar-refractivity contribution in [2.45, 2.75) is 57.4 Å². The summed E-state index contributed by atoms with van der Waals surface area (Å²) in [5.41, 5.74) is 8.40. The maximum absolute atomic E-state index is 9.46. The average Bonchev–Trinajstić information content (AvgIpc) is 2.63. The van der Waals surface area contributed by atoms with E-state index in [1.54, 1.807) is 0 Å². The van der Waals surface area contributed by atoms with E-state index in [0.717, 1.165) is 30.8 Å². The molecule has 1 aliphatic carbocycles. The Morgan fingerprint density at radius 2 is 1.83 bits per heavy atom. The molecule has 1 aromatic rings. The molecule has 1 aliphatic rings. The molecule has 4 heteroatoms. The molecule has 0 atom stereocenters. The summed E-state index contributed by atoms with van der Waals surface area (Å²) in [5.74, 6) is 0.921. The zero-order valence-electron chi connectivity index (χ0n) is 14.8. The Bertz CT molecular complexity index is 550. The summed E-state index contributed by atoms with van der Waals surface area (Å²) in [6.07, 6.45) is 9.64. The van der Waals surface area contributed by atoms with Crippen molar-refractivity contribution in [2.75, 3.05) is 19.8 Å². The molecular weight excluding hydrogens is 302 g/mol. The first-order valence-corrected chi connectivity index (χ1v) is 9.07. The van der Waals surface area contributed by atoms with Crippen molar-refractivity contribution < 1.29 is 14.9 Å². The lowest BCUT2D eigenvalue weighted by molar-refractivity contribution is 0.142. The third kappa shape index (κ3) is 4.82. The molecule has 0 spiro atoms. The van der Waals surface area contributed by atoms with E-state index < -0.39 is 5.54 Å². The van der Waals surface area contributed by atoms with Gasteiger partial charge >= 0.3 is 0 Å². The van der Waals surface area contributed by atoms with Crippen LogP contribution in [0.1, 0.15) is 50.2 Å². The van der Waals surface area contributed by atoms with Gasteiger partial charge in [-0.2, -0.15) is 0 Å². The lowest BCUT2D eigenvalue weighted by Crippen LogP contribution is -2.50. The molecule has 0 radical (unpaired) electrons. The van der Waals surface area contributed by atoms with Gasteiger partial charge in [0, 0.05) is 0 Å². The summed E-state index contributed by atoms with van der Waals surface area (Å²) in [6.45, 7) is 2.50. The highest BCUT2D eigenvalue weighted by Crippen LogP contribution is 2.29. The predicted octanol–water partition coefficient (Wildman–Crippen LogP) is 2.74. The predicted molar refractivity (Wildman–Crippen MR) is 97.3 cm³/mol. The fourth-order valence-electron chi connectivity index (χ4n) is 3.09. The number of unbranched alkanes of at least 4 members (excludes halogenated alkanes) is 4. The second kappa shape index (κ2) is 9.21. The van der Waals surface area contributed by atoms with Gasteiger partial charge in [0.05, 0.1) is 25.4 Å². The van der Waals surface area contributed by atoms with Crippen molar-refractivity contribution in [1.29, 1.82) is 0 Å². The second-order valence-electron chi connectivity index (χ2n) is 6.78. The molecule has 4 N–H and O–H groups in total. The Kier molecular flexibility index (Phi) is 7.28. The lowest BCUT2D eigenvalue weighted by atomic mass is 9.81. The van der Waals surface area contributed by atoms with Crippen LogP contribution in [0.3, 0.4) is 0 Å². The number of hydrogen-bond donors (Lipinski definition) is 3. The summed E-state index contributed by atoms with van der Waals surface area (Å²) < 4.78 is 5.86. The van der Waals surface area contributed by atoms with E-state index in [9.17, 15) is 10.2 Å². The number of rotatable bonds is 10. The molecule has 0 aromatic heterocycles. The molecule has 134 valence electrons. The van der Waals surface area contributed by atoms with Crippen LogP contribution in [0, 0.1) is 0 Å². The zero-order chi connectivity index (χ0) is 17.4. The summed E-state index contributed by atoms with van der Waals surface area (Å²) in [5, 5.41) is 18.9. The molecule has 1 aromatic carbocycles. The standard InChI is InChI=1S/C20H31NO3/c1-2-3-4-5-6-11-24-19-10-8-16-12-18(9-7-17(16)13-19)20(21,14-22)15-23/h8-10,13,22-23H,2-7,11-12,14-15,21H2,1H3. The van der Waals surface area contributed by atoms with E-state index >= 15 is 0 Å². The topological polar surface area (TPSA) is 75.7 Å². The van der Waals surface area contributed by atoms with E-state index in [0.29, 0.717) is 6.42 Å². The summed E-state index contributed by atoms with van der Waals surface area (Å²) in [4.78, 5) is 0. The Labute approximate surface area is 145 Å². The molecule has 0 saturated carbocycles. The van der Waals surface area contributed by atoms with Crippen molar-refractivity contribution in [1.82, 2.24) is 0 Å². The normalized spacial score (nSPS) is 14.2. The van der Waals surface area contributed by atoms with Crippen LogP contribution in [-0.2, 0) is 12.8 Å². The highest BCUT2D eigenvalue weighted by atomic mass is 16.5. The molecule has 0 unspecified atom stereocenters. The quantitative estimate of drug-likeness (QED) is 0.454. The summed E-state index contributed by atoms with van der Waals surface area (Å²) >= 11 is 0. The SMILES string of the molecule is CCCCCCCOc1ccc2c(c1)CC=C(C(N)(CO)CO)C2. The monoisotopic (exact) mass is 333 g/mol. The van der Waals surface area contributed by atoms with Crippen molar-refractivity contribution in [2.24, 2.45) is 5.73 Å². The average molecular weight is 333 g/mol. The third-order valence-electron chi connectivity index (χ3n) is 4.85. The van der Waals surface area contributed by atoms with Crippen molar-refractivity contribution in [3.63, 3.8) is 0 Å². The minimum atomic E-state index is -1.02. The molecule has 4 nitrogen and oxygen atoms in total. The Balaban J connectivity index is 1.90. The number of fused-ring (bicyclic) bond motifs is 1. The molecule has 0 bridgehead atoms. The summed E-state index contributed by atoms with van der Waals surface area (Å²) in [6, 6.07) is 6.18. The number of allylic oxidation sites excluding steroid dienone is 1. The Hall–Kier alpha value is -1.36. The lowest BCUT2D eigenvalue weighted by Gasteiger charge is -2.31. The van der Waals surface area contributed by atoms with Crippen LogP contribution in [0.2, 0.25) is 0 Å². The molecule has 0 heterocycles. The van der Waals surface area contributed by atoms with Crippen LogP contribution < -0.4 is 10.5 Å². The van der Waals surface area contributed by atoms with Crippen LogP contribution in [0.4, 0.5) is 0 Å². The van der Waals surface area contributed by atoms with E-state index in [1.807, 2.05) is 12.1 Å². The number of ether oxygens (including phenoxy) is 1. The molecule has 0 saturated heterocycles. The Morgan fingerprint density at radius 3 is 2.54 bits per heavy atom. The van der Waals surface area contributed by atoms with Gasteiger partial charge in [-0.25, -0.2) is 0 Å².